The predicted octanol–water partition coefficient (Wildman–Crippen LogP) is 2.41. The van der Waals surface area contributed by atoms with Gasteiger partial charge in [0.1, 0.15) is 0 Å². The van der Waals surface area contributed by atoms with Crippen LogP contribution < -0.4 is 0 Å². The van der Waals surface area contributed by atoms with E-state index in [1.165, 1.54) is 5.56 Å². The van der Waals surface area contributed by atoms with Gasteiger partial charge in [0, 0.05) is 45.1 Å². The average molecular weight is 309 g/mol. The summed E-state index contributed by atoms with van der Waals surface area (Å²) in [5, 5.41) is 0. The lowest BCUT2D eigenvalue weighted by Gasteiger charge is -2.34. The van der Waals surface area contributed by atoms with E-state index < -0.39 is 0 Å². The summed E-state index contributed by atoms with van der Waals surface area (Å²) >= 11 is 0. The molecule has 1 aliphatic heterocycles. The maximum atomic E-state index is 12.3. The van der Waals surface area contributed by atoms with E-state index in [1.54, 1.807) is 0 Å². The number of nitrogens with zero attached hydrogens (tertiary/aromatic N) is 2. The molecule has 1 aromatic carbocycles. The number of hydrogen-bond donors (Lipinski definition) is 1. The quantitative estimate of drug-likeness (QED) is 0.921. The van der Waals surface area contributed by atoms with E-state index in [0.717, 1.165) is 38.3 Å². The van der Waals surface area contributed by atoms with Crippen molar-refractivity contribution in [3.8, 4) is 0 Å². The minimum atomic E-state index is 0.226. The molecule has 1 saturated heterocycles. The van der Waals surface area contributed by atoms with Crippen molar-refractivity contribution in [2.24, 2.45) is 0 Å². The third-order valence-corrected chi connectivity index (χ3v) is 4.22. The first-order valence-corrected chi connectivity index (χ1v) is 8.14. The number of carbonyl (C=O) groups excluding carboxylic acids is 1. The normalized spacial score (nSPS) is 16.1. The van der Waals surface area contributed by atoms with Gasteiger partial charge in [0.15, 0.2) is 0 Å². The van der Waals surface area contributed by atoms with E-state index in [-0.39, 0.29) is 5.91 Å². The van der Waals surface area contributed by atoms with Gasteiger partial charge in [-0.1, -0.05) is 42.5 Å². The number of H-pyrrole nitrogens is 1. The van der Waals surface area contributed by atoms with Crippen molar-refractivity contribution in [1.82, 2.24) is 14.8 Å². The molecule has 0 atom stereocenters. The van der Waals surface area contributed by atoms with Gasteiger partial charge in [0.2, 0.25) is 5.91 Å². The Kier molecular flexibility index (Phi) is 5.27. The highest BCUT2D eigenvalue weighted by Crippen LogP contribution is 2.07. The molecule has 120 valence electrons. The van der Waals surface area contributed by atoms with Crippen molar-refractivity contribution < 1.29 is 4.79 Å². The Morgan fingerprint density at radius 1 is 1.09 bits per heavy atom. The lowest BCUT2D eigenvalue weighted by atomic mass is 10.2. The molecule has 4 heteroatoms. The molecule has 1 aromatic heterocycles. The van der Waals surface area contributed by atoms with Crippen LogP contribution >= 0.6 is 0 Å². The number of benzene rings is 1. The minimum Gasteiger partial charge on any atom is -0.367 e. The van der Waals surface area contributed by atoms with Gasteiger partial charge in [-0.05, 0) is 17.2 Å². The summed E-state index contributed by atoms with van der Waals surface area (Å²) < 4.78 is 0. The fourth-order valence-electron chi connectivity index (χ4n) is 2.84. The number of amides is 1. The van der Waals surface area contributed by atoms with E-state index in [9.17, 15) is 4.79 Å². The van der Waals surface area contributed by atoms with Crippen LogP contribution in [0.2, 0.25) is 0 Å². The van der Waals surface area contributed by atoms with Crippen LogP contribution in [0.15, 0.2) is 54.9 Å². The molecule has 2 heterocycles. The Hall–Kier alpha value is -2.33. The van der Waals surface area contributed by atoms with E-state index >= 15 is 0 Å². The third kappa shape index (κ3) is 4.57. The van der Waals surface area contributed by atoms with Crippen LogP contribution in [0.25, 0.3) is 6.08 Å². The van der Waals surface area contributed by atoms with Crippen LogP contribution in [-0.4, -0.2) is 53.4 Å². The Morgan fingerprint density at radius 3 is 2.57 bits per heavy atom. The van der Waals surface area contributed by atoms with E-state index in [1.807, 2.05) is 29.4 Å². The summed E-state index contributed by atoms with van der Waals surface area (Å²) in [6.07, 6.45) is 8.61. The molecular weight excluding hydrogens is 286 g/mol. The first-order valence-electron chi connectivity index (χ1n) is 8.14. The van der Waals surface area contributed by atoms with Crippen molar-refractivity contribution >= 4 is 12.0 Å². The number of rotatable bonds is 5. The zero-order valence-corrected chi connectivity index (χ0v) is 13.3. The number of hydrogen-bond acceptors (Lipinski definition) is 2. The maximum absolute atomic E-state index is 12.3. The van der Waals surface area contributed by atoms with Crippen LogP contribution in [0.4, 0.5) is 0 Å². The molecule has 0 saturated carbocycles. The predicted molar refractivity (Wildman–Crippen MR) is 93.0 cm³/mol. The van der Waals surface area contributed by atoms with Crippen molar-refractivity contribution in [2.75, 3.05) is 32.7 Å². The molecule has 0 bridgehead atoms. The Morgan fingerprint density at radius 2 is 1.87 bits per heavy atom. The van der Waals surface area contributed by atoms with Crippen LogP contribution in [0.3, 0.4) is 0 Å². The van der Waals surface area contributed by atoms with Crippen LogP contribution in [0, 0.1) is 0 Å². The standard InChI is InChI=1S/C19H23N3O/c23-19(15-18-8-9-20-16-18)22-13-11-21(12-14-22)10-4-7-17-5-2-1-3-6-17/h1-9,16,20H,10-15H2/b7-4+. The van der Waals surface area contributed by atoms with Crippen molar-refractivity contribution in [2.45, 2.75) is 6.42 Å². The SMILES string of the molecule is O=C(Cc1cc[nH]c1)N1CCN(C/C=C/c2ccccc2)CC1. The largest absolute Gasteiger partial charge is 0.367 e. The molecule has 1 fully saturated rings. The number of aromatic amines is 1. The van der Waals surface area contributed by atoms with Crippen LogP contribution in [0.5, 0.6) is 0 Å². The smallest absolute Gasteiger partial charge is 0.227 e. The maximum Gasteiger partial charge on any atom is 0.227 e. The van der Waals surface area contributed by atoms with Gasteiger partial charge in [-0.3, -0.25) is 9.69 Å². The van der Waals surface area contributed by atoms with Gasteiger partial charge >= 0.3 is 0 Å². The monoisotopic (exact) mass is 309 g/mol. The number of carbonyl (C=O) groups is 1. The first kappa shape index (κ1) is 15.6. The summed E-state index contributed by atoms with van der Waals surface area (Å²) in [5.74, 6) is 0.226. The number of nitrogens with one attached hydrogen (secondary N) is 1. The molecule has 1 N–H and O–H groups in total. The summed E-state index contributed by atoms with van der Waals surface area (Å²) in [6.45, 7) is 4.47. The van der Waals surface area contributed by atoms with E-state index in [0.29, 0.717) is 6.42 Å². The Labute approximate surface area is 137 Å². The highest BCUT2D eigenvalue weighted by Gasteiger charge is 2.20. The summed E-state index contributed by atoms with van der Waals surface area (Å²) in [4.78, 5) is 19.6. The summed E-state index contributed by atoms with van der Waals surface area (Å²) in [6, 6.07) is 12.3. The molecular formula is C19H23N3O. The summed E-state index contributed by atoms with van der Waals surface area (Å²) in [5.41, 5.74) is 2.29. The molecule has 23 heavy (non-hydrogen) atoms. The topological polar surface area (TPSA) is 39.3 Å². The van der Waals surface area contributed by atoms with Crippen molar-refractivity contribution in [3.63, 3.8) is 0 Å². The van der Waals surface area contributed by atoms with Crippen LogP contribution in [-0.2, 0) is 11.2 Å². The Balaban J connectivity index is 1.41. The zero-order valence-electron chi connectivity index (χ0n) is 13.3. The molecule has 3 rings (SSSR count). The highest BCUT2D eigenvalue weighted by molar-refractivity contribution is 5.78. The molecule has 4 nitrogen and oxygen atoms in total. The van der Waals surface area contributed by atoms with Gasteiger partial charge in [0.25, 0.3) is 0 Å². The first-order chi connectivity index (χ1) is 11.3. The highest BCUT2D eigenvalue weighted by atomic mass is 16.2. The summed E-state index contributed by atoms with van der Waals surface area (Å²) in [7, 11) is 0. The van der Waals surface area contributed by atoms with Gasteiger partial charge in [-0.25, -0.2) is 0 Å². The number of aromatic nitrogens is 1. The van der Waals surface area contributed by atoms with E-state index in [4.69, 9.17) is 0 Å². The van der Waals surface area contributed by atoms with Gasteiger partial charge < -0.3 is 9.88 Å². The van der Waals surface area contributed by atoms with E-state index in [2.05, 4.69) is 46.3 Å². The van der Waals surface area contributed by atoms with Gasteiger partial charge in [0.05, 0.1) is 6.42 Å². The zero-order chi connectivity index (χ0) is 15.9. The van der Waals surface area contributed by atoms with Gasteiger partial charge in [-0.15, -0.1) is 0 Å². The molecule has 1 aliphatic rings. The Bertz CT molecular complexity index is 626. The minimum absolute atomic E-state index is 0.226. The molecule has 2 aromatic rings. The van der Waals surface area contributed by atoms with Gasteiger partial charge in [-0.2, -0.15) is 0 Å². The molecule has 0 aliphatic carbocycles. The number of piperazine rings is 1. The molecule has 1 amide bonds. The third-order valence-electron chi connectivity index (χ3n) is 4.22. The molecule has 0 radical (unpaired) electrons. The molecule has 0 spiro atoms. The lowest BCUT2D eigenvalue weighted by molar-refractivity contribution is -0.132. The second-order valence-corrected chi connectivity index (χ2v) is 5.89. The van der Waals surface area contributed by atoms with Crippen molar-refractivity contribution in [1.29, 1.82) is 0 Å². The fourth-order valence-corrected chi connectivity index (χ4v) is 2.84. The molecule has 0 unspecified atom stereocenters. The lowest BCUT2D eigenvalue weighted by Crippen LogP contribution is -2.49. The average Bonchev–Trinajstić information content (AvgIpc) is 3.09. The second kappa shape index (κ2) is 7.79. The second-order valence-electron chi connectivity index (χ2n) is 5.89. The van der Waals surface area contributed by atoms with Crippen LogP contribution in [0.1, 0.15) is 11.1 Å². The fraction of sp³-hybridized carbons (Fsp3) is 0.316. The van der Waals surface area contributed by atoms with Crippen molar-refractivity contribution in [3.05, 3.63) is 66.0 Å².